The summed E-state index contributed by atoms with van der Waals surface area (Å²) < 4.78 is 4.25. The van der Waals surface area contributed by atoms with Crippen LogP contribution in [0.25, 0.3) is 5.53 Å². The molecule has 0 radical (unpaired) electrons. The van der Waals surface area contributed by atoms with E-state index < -0.39 is 24.6 Å². The van der Waals surface area contributed by atoms with Gasteiger partial charge >= 0.3 is 18.2 Å². The maximum absolute atomic E-state index is 10.4. The minimum atomic E-state index is -1.27. The molecular formula is C5H7N3O4. The number of nitrogens with zero attached hydrogens (tertiary/aromatic N) is 2. The molecule has 0 heterocycles. The van der Waals surface area contributed by atoms with Crippen molar-refractivity contribution in [3.63, 3.8) is 0 Å². The van der Waals surface area contributed by atoms with Gasteiger partial charge in [-0.1, -0.05) is 0 Å². The van der Waals surface area contributed by atoms with Crippen LogP contribution in [0.4, 0.5) is 0 Å². The maximum atomic E-state index is 10.4. The van der Waals surface area contributed by atoms with Crippen LogP contribution in [-0.2, 0) is 14.3 Å². The second kappa shape index (κ2) is 5.00. The van der Waals surface area contributed by atoms with Crippen molar-refractivity contribution in [3.8, 4) is 0 Å². The van der Waals surface area contributed by atoms with E-state index in [4.69, 9.17) is 16.4 Å². The number of esters is 1. The number of aliphatic carboxylic acids is 1. The molecule has 0 rings (SSSR count). The van der Waals surface area contributed by atoms with Crippen LogP contribution < -0.4 is 5.73 Å². The number of carbonyl (C=O) groups excluding carboxylic acids is 1. The lowest BCUT2D eigenvalue weighted by molar-refractivity contribution is -0.144. The molecule has 0 aliphatic rings. The average Bonchev–Trinajstić information content (AvgIpc) is 2.00. The topological polar surface area (TPSA) is 126 Å². The molecule has 3 N–H and O–H groups in total. The third kappa shape index (κ3) is 4.15. The minimum Gasteiger partial charge on any atom is -0.480 e. The molecule has 1 atom stereocenters. The fraction of sp³-hybridized carbons (Fsp3) is 0.400. The number of nitrogens with two attached hydrogens (primary N) is 1. The largest absolute Gasteiger partial charge is 0.480 e. The monoisotopic (exact) mass is 173 g/mol. The molecule has 0 spiro atoms. The molecule has 7 nitrogen and oxygen atoms in total. The first-order valence-electron chi connectivity index (χ1n) is 2.90. The Labute approximate surface area is 67.4 Å². The van der Waals surface area contributed by atoms with E-state index in [9.17, 15) is 9.59 Å². The summed E-state index contributed by atoms with van der Waals surface area (Å²) in [4.78, 5) is 22.8. The predicted molar refractivity (Wildman–Crippen MR) is 36.3 cm³/mol. The van der Waals surface area contributed by atoms with Crippen LogP contribution in [0.5, 0.6) is 0 Å². The highest BCUT2D eigenvalue weighted by Crippen LogP contribution is 1.81. The van der Waals surface area contributed by atoms with E-state index in [1.807, 2.05) is 0 Å². The number of carboxylic acids is 1. The van der Waals surface area contributed by atoms with Crippen molar-refractivity contribution >= 4 is 18.2 Å². The molecule has 7 heteroatoms. The number of carboxylic acid groups (broad SMARTS) is 1. The second-order valence-electron chi connectivity index (χ2n) is 1.82. The zero-order valence-corrected chi connectivity index (χ0v) is 6.01. The van der Waals surface area contributed by atoms with Gasteiger partial charge in [0.15, 0.2) is 0 Å². The van der Waals surface area contributed by atoms with Gasteiger partial charge in [-0.05, 0) is 0 Å². The summed E-state index contributed by atoms with van der Waals surface area (Å²) >= 11 is 0. The summed E-state index contributed by atoms with van der Waals surface area (Å²) in [5.74, 6) is -2.22. The highest BCUT2D eigenvalue weighted by atomic mass is 16.5. The zero-order valence-electron chi connectivity index (χ0n) is 6.01. The van der Waals surface area contributed by atoms with Crippen molar-refractivity contribution in [2.75, 3.05) is 6.61 Å². The summed E-state index contributed by atoms with van der Waals surface area (Å²) in [6, 6.07) is -1.26. The van der Waals surface area contributed by atoms with Crippen molar-refractivity contribution in [1.82, 2.24) is 0 Å². The lowest BCUT2D eigenvalue weighted by atomic mass is 10.3. The summed E-state index contributed by atoms with van der Waals surface area (Å²) in [6.07, 6.45) is 0.495. The smallest absolute Gasteiger partial charge is 0.413 e. The van der Waals surface area contributed by atoms with Crippen LogP contribution in [0.2, 0.25) is 0 Å². The summed E-state index contributed by atoms with van der Waals surface area (Å²) in [5.41, 5.74) is 12.8. The molecule has 0 aromatic heterocycles. The van der Waals surface area contributed by atoms with E-state index in [1.54, 1.807) is 0 Å². The van der Waals surface area contributed by atoms with Crippen molar-refractivity contribution in [1.29, 1.82) is 0 Å². The molecule has 0 saturated carbocycles. The molecule has 0 fully saturated rings. The van der Waals surface area contributed by atoms with Crippen LogP contribution >= 0.6 is 0 Å². The first kappa shape index (κ1) is 10.3. The van der Waals surface area contributed by atoms with Crippen LogP contribution in [0.1, 0.15) is 0 Å². The first-order valence-corrected chi connectivity index (χ1v) is 2.90. The highest BCUT2D eigenvalue weighted by molar-refractivity contribution is 6.20. The molecule has 0 aliphatic heterocycles. The van der Waals surface area contributed by atoms with Gasteiger partial charge in [0.2, 0.25) is 0 Å². The van der Waals surface area contributed by atoms with Crippen molar-refractivity contribution in [3.05, 3.63) is 5.53 Å². The van der Waals surface area contributed by atoms with Gasteiger partial charge in [-0.3, -0.25) is 4.79 Å². The van der Waals surface area contributed by atoms with Gasteiger partial charge in [0.05, 0.1) is 0 Å². The predicted octanol–water partition coefficient (Wildman–Crippen LogP) is -1.76. The third-order valence-electron chi connectivity index (χ3n) is 0.885. The fourth-order valence-electron chi connectivity index (χ4n) is 0.328. The standard InChI is InChI=1S/C5H7N3O4/c6-3(5(10)11)2-12-4(9)1-8-7/h1,3H,2,6H2,(H,10,11)/t3-/m1/s1. The Balaban J connectivity index is 3.75. The van der Waals surface area contributed by atoms with E-state index in [-0.39, 0.29) is 0 Å². The van der Waals surface area contributed by atoms with Gasteiger partial charge in [-0.25, -0.2) is 4.79 Å². The molecule has 0 aromatic rings. The van der Waals surface area contributed by atoms with Crippen LogP contribution in [-0.4, -0.2) is 40.7 Å². The average molecular weight is 173 g/mol. The van der Waals surface area contributed by atoms with E-state index >= 15 is 0 Å². The Morgan fingerprint density at radius 1 is 1.75 bits per heavy atom. The third-order valence-corrected chi connectivity index (χ3v) is 0.885. The van der Waals surface area contributed by atoms with Gasteiger partial charge in [-0.15, -0.1) is 0 Å². The van der Waals surface area contributed by atoms with E-state index in [0.29, 0.717) is 6.21 Å². The lowest BCUT2D eigenvalue weighted by Gasteiger charge is -2.03. The summed E-state index contributed by atoms with van der Waals surface area (Å²) in [5, 5.41) is 8.23. The van der Waals surface area contributed by atoms with Crippen LogP contribution in [0, 0.1) is 0 Å². The lowest BCUT2D eigenvalue weighted by Crippen LogP contribution is -2.35. The molecule has 0 bridgehead atoms. The zero-order chi connectivity index (χ0) is 9.56. The number of hydrogen-bond acceptors (Lipinski definition) is 4. The normalized spacial score (nSPS) is 11.1. The van der Waals surface area contributed by atoms with E-state index in [0.717, 1.165) is 0 Å². The minimum absolute atomic E-state index is 0.458. The quantitative estimate of drug-likeness (QED) is 0.225. The van der Waals surface area contributed by atoms with Crippen molar-refractivity contribution in [2.24, 2.45) is 5.73 Å². The second-order valence-corrected chi connectivity index (χ2v) is 1.82. The number of rotatable bonds is 4. The Morgan fingerprint density at radius 3 is 2.75 bits per heavy atom. The highest BCUT2D eigenvalue weighted by Gasteiger charge is 2.14. The molecule has 12 heavy (non-hydrogen) atoms. The number of ether oxygens (including phenoxy) is 1. The van der Waals surface area contributed by atoms with Gasteiger partial charge in [-0.2, -0.15) is 4.79 Å². The van der Waals surface area contributed by atoms with Gasteiger partial charge in [0.1, 0.15) is 12.6 Å². The SMILES string of the molecule is [N-]=[N+]=CC(=O)OC[C@@H](N)C(=O)O. The van der Waals surface area contributed by atoms with E-state index in [2.05, 4.69) is 9.53 Å². The fourth-order valence-corrected chi connectivity index (χ4v) is 0.328. The Hall–Kier alpha value is -1.72. The Morgan fingerprint density at radius 2 is 2.33 bits per heavy atom. The Kier molecular flexibility index (Phi) is 4.28. The summed E-state index contributed by atoms with van der Waals surface area (Å²) in [6.45, 7) is -0.458. The Bertz CT molecular complexity index is 233. The van der Waals surface area contributed by atoms with Crippen LogP contribution in [0.3, 0.4) is 0 Å². The molecule has 0 aromatic carbocycles. The molecule has 0 unspecified atom stereocenters. The van der Waals surface area contributed by atoms with Gasteiger partial charge < -0.3 is 21.1 Å². The first-order chi connectivity index (χ1) is 5.57. The molecule has 0 amide bonds. The number of hydrogen-bond donors (Lipinski definition) is 2. The van der Waals surface area contributed by atoms with Crippen molar-refractivity contribution < 1.29 is 24.2 Å². The van der Waals surface area contributed by atoms with Crippen LogP contribution in [0.15, 0.2) is 0 Å². The molecule has 0 saturated heterocycles. The summed E-state index contributed by atoms with van der Waals surface area (Å²) in [7, 11) is 0. The van der Waals surface area contributed by atoms with Crippen molar-refractivity contribution in [2.45, 2.75) is 6.04 Å². The number of carbonyl (C=O) groups is 2. The molecule has 0 aliphatic carbocycles. The van der Waals surface area contributed by atoms with E-state index in [1.165, 1.54) is 0 Å². The van der Waals surface area contributed by atoms with Gasteiger partial charge in [0.25, 0.3) is 0 Å². The van der Waals surface area contributed by atoms with Gasteiger partial charge in [0, 0.05) is 0 Å². The molecular weight excluding hydrogens is 166 g/mol. The molecule has 66 valence electrons. The maximum Gasteiger partial charge on any atom is 0.413 e.